The molecule has 0 fully saturated rings. The van der Waals surface area contributed by atoms with Crippen molar-refractivity contribution in [3.8, 4) is 0 Å². The fourth-order valence-electron chi connectivity index (χ4n) is 7.83. The minimum absolute atomic E-state index is 0.886. The molecule has 0 aliphatic rings. The Kier molecular flexibility index (Phi) is 54.7. The second kappa shape index (κ2) is 51.2. The summed E-state index contributed by atoms with van der Waals surface area (Å²) in [4.78, 5) is 18.4. The van der Waals surface area contributed by atoms with Crippen molar-refractivity contribution in [2.24, 2.45) is 17.8 Å². The Balaban J connectivity index is -0.00000602. The molecular formula is C48H99NO4. The van der Waals surface area contributed by atoms with Crippen LogP contribution in [0.2, 0.25) is 0 Å². The molecule has 0 aromatic heterocycles. The molecule has 0 aliphatic heterocycles. The molecule has 0 rings (SSSR count). The van der Waals surface area contributed by atoms with Crippen molar-refractivity contribution >= 4 is 13.6 Å². The summed E-state index contributed by atoms with van der Waals surface area (Å²) >= 11 is 0. The van der Waals surface area contributed by atoms with Crippen LogP contribution in [-0.4, -0.2) is 65.5 Å². The van der Waals surface area contributed by atoms with Gasteiger partial charge in [0.1, 0.15) is 13.6 Å². The lowest BCUT2D eigenvalue weighted by atomic mass is 9.92. The van der Waals surface area contributed by atoms with Crippen molar-refractivity contribution < 1.29 is 19.1 Å². The normalized spacial score (nSPS) is 11.4. The molecule has 320 valence electrons. The molecule has 0 aromatic rings. The molecule has 0 aromatic carbocycles. The van der Waals surface area contributed by atoms with Gasteiger partial charge in [-0.15, -0.1) is 0 Å². The fourth-order valence-corrected chi connectivity index (χ4v) is 7.83. The molecule has 0 bridgehead atoms. The zero-order valence-corrected chi connectivity index (χ0v) is 37.4. The van der Waals surface area contributed by atoms with Gasteiger partial charge in [0.05, 0.1) is 0 Å². The van der Waals surface area contributed by atoms with E-state index in [1.807, 2.05) is 13.6 Å². The topological polar surface area (TPSA) is 55.8 Å². The Bertz CT molecular complexity index is 565. The van der Waals surface area contributed by atoms with Gasteiger partial charge in [-0.3, -0.25) is 0 Å². The monoisotopic (exact) mass is 754 g/mol. The highest BCUT2D eigenvalue weighted by atomic mass is 16.5. The smallest absolute Gasteiger partial charge is 0.106 e. The van der Waals surface area contributed by atoms with Crippen LogP contribution >= 0.6 is 0 Å². The van der Waals surface area contributed by atoms with Crippen LogP contribution in [-0.2, 0) is 19.1 Å². The highest BCUT2D eigenvalue weighted by molar-refractivity contribution is 5.11. The third-order valence-corrected chi connectivity index (χ3v) is 11.1. The molecule has 5 heteroatoms. The number of carbonyl (C=O) groups is 2. The Morgan fingerprint density at radius 1 is 0.340 bits per heavy atom. The summed E-state index contributed by atoms with van der Waals surface area (Å²) in [5.74, 6) is 2.69. The van der Waals surface area contributed by atoms with Gasteiger partial charge in [0, 0.05) is 33.0 Å². The third kappa shape index (κ3) is 47.3. The van der Waals surface area contributed by atoms with Crippen molar-refractivity contribution in [3.63, 3.8) is 0 Å². The zero-order valence-electron chi connectivity index (χ0n) is 37.4. The van der Waals surface area contributed by atoms with Crippen LogP contribution in [0.5, 0.6) is 0 Å². The van der Waals surface area contributed by atoms with Gasteiger partial charge in [0.15, 0.2) is 0 Å². The Morgan fingerprint density at radius 3 is 0.906 bits per heavy atom. The van der Waals surface area contributed by atoms with E-state index in [0.717, 1.165) is 44.2 Å². The number of ether oxygens (including phenoxy) is 2. The molecule has 0 saturated carbocycles. The van der Waals surface area contributed by atoms with Gasteiger partial charge in [-0.05, 0) is 70.4 Å². The van der Waals surface area contributed by atoms with Gasteiger partial charge in [-0.2, -0.15) is 0 Å². The highest BCUT2D eigenvalue weighted by Gasteiger charge is 2.11. The van der Waals surface area contributed by atoms with E-state index in [2.05, 4.69) is 46.7 Å². The lowest BCUT2D eigenvalue weighted by Gasteiger charge is -2.21. The van der Waals surface area contributed by atoms with Crippen LogP contribution in [0.15, 0.2) is 0 Å². The van der Waals surface area contributed by atoms with Crippen LogP contribution in [0.1, 0.15) is 233 Å². The first kappa shape index (κ1) is 56.6. The van der Waals surface area contributed by atoms with Gasteiger partial charge in [0.2, 0.25) is 0 Å². The van der Waals surface area contributed by atoms with Crippen LogP contribution in [0.25, 0.3) is 0 Å². The second-order valence-corrected chi connectivity index (χ2v) is 16.5. The zero-order chi connectivity index (χ0) is 39.9. The van der Waals surface area contributed by atoms with Gasteiger partial charge >= 0.3 is 0 Å². The predicted octanol–water partition coefficient (Wildman–Crippen LogP) is 14.6. The van der Waals surface area contributed by atoms with E-state index in [1.54, 1.807) is 0 Å². The molecule has 0 unspecified atom stereocenters. The molecular weight excluding hydrogens is 655 g/mol. The van der Waals surface area contributed by atoms with E-state index in [9.17, 15) is 0 Å². The molecule has 0 radical (unpaired) electrons. The Labute approximate surface area is 334 Å². The molecule has 0 saturated heterocycles. The number of carbonyl (C=O) groups excluding carboxylic acids is 2. The molecule has 0 heterocycles. The standard InChI is InChI=1S/C46H95NO2.2CH2O/c1-7-11-23-31-44(32-24-12-8-2)37-41-48-39-29-21-17-15-19-27-35-46(43-47(5)6)36-28-20-16-18-22-30-40-49-42-38-45(33-25-13-9-3)34-26-14-10-4;2*1-2/h44-46H,7-43H2,1-6H3;2*1H2. The molecule has 0 amide bonds. The third-order valence-electron chi connectivity index (χ3n) is 11.1. The van der Waals surface area contributed by atoms with Crippen LogP contribution in [0, 0.1) is 17.8 Å². The van der Waals surface area contributed by atoms with E-state index < -0.39 is 0 Å². The summed E-state index contributed by atoms with van der Waals surface area (Å²) in [6, 6.07) is 0. The van der Waals surface area contributed by atoms with Crippen molar-refractivity contribution in [3.05, 3.63) is 0 Å². The summed E-state index contributed by atoms with van der Waals surface area (Å²) in [6.07, 6.45) is 44.2. The van der Waals surface area contributed by atoms with E-state index >= 15 is 0 Å². The van der Waals surface area contributed by atoms with Crippen LogP contribution < -0.4 is 0 Å². The summed E-state index contributed by atoms with van der Waals surface area (Å²) < 4.78 is 12.2. The average Bonchev–Trinajstić information content (AvgIpc) is 3.17. The Hall–Kier alpha value is -0.780. The number of hydrogen-bond acceptors (Lipinski definition) is 5. The largest absolute Gasteiger partial charge is 0.381 e. The maximum atomic E-state index is 8.00. The first-order valence-electron chi connectivity index (χ1n) is 23.4. The van der Waals surface area contributed by atoms with E-state index in [-0.39, 0.29) is 0 Å². The van der Waals surface area contributed by atoms with Crippen molar-refractivity contribution in [2.75, 3.05) is 47.1 Å². The molecule has 0 N–H and O–H groups in total. The number of rotatable bonds is 42. The minimum atomic E-state index is 0.886. The molecule has 0 spiro atoms. The number of nitrogens with zero attached hydrogens (tertiary/aromatic N) is 1. The quantitative estimate of drug-likeness (QED) is 0.0581. The summed E-state index contributed by atoms with van der Waals surface area (Å²) in [5, 5.41) is 0. The predicted molar refractivity (Wildman–Crippen MR) is 235 cm³/mol. The summed E-state index contributed by atoms with van der Waals surface area (Å²) in [7, 11) is 4.52. The molecule has 5 nitrogen and oxygen atoms in total. The lowest BCUT2D eigenvalue weighted by Crippen LogP contribution is -2.21. The molecule has 0 atom stereocenters. The van der Waals surface area contributed by atoms with E-state index in [4.69, 9.17) is 19.1 Å². The highest BCUT2D eigenvalue weighted by Crippen LogP contribution is 2.23. The first-order valence-corrected chi connectivity index (χ1v) is 23.4. The van der Waals surface area contributed by atoms with Gasteiger partial charge in [-0.1, -0.05) is 195 Å². The average molecular weight is 754 g/mol. The van der Waals surface area contributed by atoms with Crippen LogP contribution in [0.4, 0.5) is 0 Å². The lowest BCUT2D eigenvalue weighted by molar-refractivity contribution is -0.0987. The Morgan fingerprint density at radius 2 is 0.604 bits per heavy atom. The summed E-state index contributed by atoms with van der Waals surface area (Å²) in [6.45, 7) is 18.5. The van der Waals surface area contributed by atoms with Gasteiger partial charge < -0.3 is 24.0 Å². The maximum Gasteiger partial charge on any atom is 0.106 e. The summed E-state index contributed by atoms with van der Waals surface area (Å²) in [5.41, 5.74) is 0. The minimum Gasteiger partial charge on any atom is -0.381 e. The molecule has 53 heavy (non-hydrogen) atoms. The van der Waals surface area contributed by atoms with Crippen LogP contribution in [0.3, 0.4) is 0 Å². The maximum absolute atomic E-state index is 8.00. The number of unbranched alkanes of at least 4 members (excludes halogenated alkanes) is 18. The number of hydrogen-bond donors (Lipinski definition) is 0. The molecule has 0 aliphatic carbocycles. The second-order valence-electron chi connectivity index (χ2n) is 16.5. The first-order chi connectivity index (χ1) is 26.1. The SMILES string of the molecule is C=O.C=O.CCCCCC(CCCCC)CCOCCCCCCCCC(CCCCCCCCOCCC(CCCCC)CCCCC)CN(C)C. The van der Waals surface area contributed by atoms with E-state index in [1.165, 1.54) is 212 Å². The fraction of sp³-hybridized carbons (Fsp3) is 0.958. The van der Waals surface area contributed by atoms with Crippen molar-refractivity contribution in [2.45, 2.75) is 233 Å². The van der Waals surface area contributed by atoms with Gasteiger partial charge in [-0.25, -0.2) is 0 Å². The van der Waals surface area contributed by atoms with Crippen molar-refractivity contribution in [1.82, 2.24) is 4.90 Å². The van der Waals surface area contributed by atoms with E-state index in [0.29, 0.717) is 0 Å². The van der Waals surface area contributed by atoms with Gasteiger partial charge in [0.25, 0.3) is 0 Å². The van der Waals surface area contributed by atoms with Crippen molar-refractivity contribution in [1.29, 1.82) is 0 Å².